The maximum atomic E-state index is 12.9. The van der Waals surface area contributed by atoms with Crippen LogP contribution in [0, 0.1) is 0 Å². The topological polar surface area (TPSA) is 43.4 Å². The standard InChI is InChI=1S/C36H66O3S/c1-3-5-7-9-11-13-15-16-17-18-19-20-22-24-26-30-34-39-40(37,38)36-33-29-28-32-35(36)31-27-25-23-21-14-12-10-8-6-4-2/h28-29,32-33H,3-27,30-31,34H2,1-2H3. The van der Waals surface area contributed by atoms with Gasteiger partial charge in [0.2, 0.25) is 0 Å². The monoisotopic (exact) mass is 578 g/mol. The van der Waals surface area contributed by atoms with Gasteiger partial charge in [0.1, 0.15) is 0 Å². The predicted octanol–water partition coefficient (Wildman–Crippen LogP) is 12.1. The van der Waals surface area contributed by atoms with Crippen LogP contribution >= 0.6 is 0 Å². The Morgan fingerprint density at radius 3 is 1.25 bits per heavy atom. The van der Waals surface area contributed by atoms with Gasteiger partial charge in [0.25, 0.3) is 10.1 Å². The number of aryl methyl sites for hydroxylation is 1. The first-order valence-electron chi connectivity index (χ1n) is 17.6. The largest absolute Gasteiger partial charge is 0.297 e. The first-order chi connectivity index (χ1) is 19.6. The number of benzene rings is 1. The summed E-state index contributed by atoms with van der Waals surface area (Å²) in [6, 6.07) is 7.43. The molecule has 0 aliphatic carbocycles. The van der Waals surface area contributed by atoms with Gasteiger partial charge in [-0.25, -0.2) is 0 Å². The van der Waals surface area contributed by atoms with Gasteiger partial charge in [-0.15, -0.1) is 0 Å². The summed E-state index contributed by atoms with van der Waals surface area (Å²) in [6.45, 7) is 4.84. The van der Waals surface area contributed by atoms with Crippen LogP contribution in [0.2, 0.25) is 0 Å². The Balaban J connectivity index is 2.06. The van der Waals surface area contributed by atoms with Gasteiger partial charge >= 0.3 is 0 Å². The van der Waals surface area contributed by atoms with E-state index >= 15 is 0 Å². The van der Waals surface area contributed by atoms with Crippen molar-refractivity contribution >= 4 is 10.1 Å². The molecule has 0 fully saturated rings. The minimum absolute atomic E-state index is 0.299. The number of rotatable bonds is 30. The molecule has 0 saturated carbocycles. The molecule has 0 aliphatic rings. The molecule has 0 N–H and O–H groups in total. The van der Waals surface area contributed by atoms with Crippen LogP contribution in [0.15, 0.2) is 29.2 Å². The maximum Gasteiger partial charge on any atom is 0.297 e. The summed E-state index contributed by atoms with van der Waals surface area (Å²) in [5.41, 5.74) is 0.911. The SMILES string of the molecule is CCCCCCCCCCCCCCCCCCOS(=O)(=O)c1ccccc1CCCCCCCCCCCC. The van der Waals surface area contributed by atoms with E-state index in [4.69, 9.17) is 4.18 Å². The zero-order valence-electron chi connectivity index (χ0n) is 26.7. The lowest BCUT2D eigenvalue weighted by Crippen LogP contribution is -2.10. The van der Waals surface area contributed by atoms with Crippen molar-refractivity contribution in [1.29, 1.82) is 0 Å². The van der Waals surface area contributed by atoms with Crippen LogP contribution in [0.3, 0.4) is 0 Å². The Labute approximate surface area is 250 Å². The molecular formula is C36H66O3S. The van der Waals surface area contributed by atoms with Crippen LogP contribution in [0.1, 0.15) is 186 Å². The Morgan fingerprint density at radius 1 is 0.475 bits per heavy atom. The molecule has 0 spiro atoms. The molecule has 1 aromatic rings. The first kappa shape index (κ1) is 37.2. The van der Waals surface area contributed by atoms with E-state index in [-0.39, 0.29) is 0 Å². The highest BCUT2D eigenvalue weighted by atomic mass is 32.2. The number of hydrogen-bond acceptors (Lipinski definition) is 3. The second kappa shape index (κ2) is 27.0. The summed E-state index contributed by atoms with van der Waals surface area (Å²) >= 11 is 0. The molecule has 0 radical (unpaired) electrons. The van der Waals surface area contributed by atoms with E-state index in [2.05, 4.69) is 13.8 Å². The van der Waals surface area contributed by atoms with Crippen LogP contribution in [-0.4, -0.2) is 15.0 Å². The average Bonchev–Trinajstić information content (AvgIpc) is 2.96. The van der Waals surface area contributed by atoms with E-state index in [1.54, 1.807) is 6.07 Å². The van der Waals surface area contributed by atoms with Gasteiger partial charge in [-0.3, -0.25) is 4.18 Å². The number of unbranched alkanes of at least 4 members (excludes halogenated alkanes) is 24. The summed E-state index contributed by atoms with van der Waals surface area (Å²) in [6.07, 6.45) is 34.7. The van der Waals surface area contributed by atoms with E-state index in [0.717, 1.165) is 31.2 Å². The van der Waals surface area contributed by atoms with Gasteiger partial charge in [0.05, 0.1) is 11.5 Å². The molecule has 0 unspecified atom stereocenters. The summed E-state index contributed by atoms with van der Waals surface area (Å²) < 4.78 is 31.2. The molecule has 1 rings (SSSR count). The molecule has 0 atom stereocenters. The van der Waals surface area contributed by atoms with Crippen LogP contribution in [0.5, 0.6) is 0 Å². The molecule has 1 aromatic carbocycles. The lowest BCUT2D eigenvalue weighted by atomic mass is 10.0. The van der Waals surface area contributed by atoms with Crippen LogP contribution in [-0.2, 0) is 20.7 Å². The third-order valence-corrected chi connectivity index (χ3v) is 9.69. The predicted molar refractivity (Wildman–Crippen MR) is 175 cm³/mol. The fourth-order valence-corrected chi connectivity index (χ4v) is 6.84. The fourth-order valence-electron chi connectivity index (χ4n) is 5.64. The summed E-state index contributed by atoms with van der Waals surface area (Å²) in [4.78, 5) is 0.377. The normalized spacial score (nSPS) is 11.8. The van der Waals surface area contributed by atoms with Crippen molar-refractivity contribution in [3.05, 3.63) is 29.8 Å². The second-order valence-corrected chi connectivity index (χ2v) is 13.7. The van der Waals surface area contributed by atoms with Gasteiger partial charge in [0.15, 0.2) is 0 Å². The van der Waals surface area contributed by atoms with Crippen molar-refractivity contribution in [1.82, 2.24) is 0 Å². The van der Waals surface area contributed by atoms with Crippen molar-refractivity contribution in [3.63, 3.8) is 0 Å². The van der Waals surface area contributed by atoms with Crippen molar-refractivity contribution in [3.8, 4) is 0 Å². The Bertz CT molecular complexity index is 774. The minimum atomic E-state index is -3.67. The molecule has 40 heavy (non-hydrogen) atoms. The first-order valence-corrected chi connectivity index (χ1v) is 19.0. The Hall–Kier alpha value is -0.870. The van der Waals surface area contributed by atoms with Crippen molar-refractivity contribution in [2.75, 3.05) is 6.61 Å². The highest BCUT2D eigenvalue weighted by Crippen LogP contribution is 2.21. The smallest absolute Gasteiger partial charge is 0.266 e. The van der Waals surface area contributed by atoms with Gasteiger partial charge < -0.3 is 0 Å². The van der Waals surface area contributed by atoms with E-state index < -0.39 is 10.1 Å². The van der Waals surface area contributed by atoms with E-state index in [0.29, 0.717) is 11.5 Å². The van der Waals surface area contributed by atoms with Gasteiger partial charge in [-0.2, -0.15) is 8.42 Å². The average molecular weight is 579 g/mol. The van der Waals surface area contributed by atoms with Crippen molar-refractivity contribution in [2.24, 2.45) is 0 Å². The molecule has 0 bridgehead atoms. The molecule has 234 valence electrons. The molecule has 0 aliphatic heterocycles. The summed E-state index contributed by atoms with van der Waals surface area (Å²) in [5.74, 6) is 0. The Morgan fingerprint density at radius 2 is 0.825 bits per heavy atom. The molecule has 0 heterocycles. The molecule has 0 amide bonds. The van der Waals surface area contributed by atoms with Gasteiger partial charge in [0, 0.05) is 0 Å². The lowest BCUT2D eigenvalue weighted by Gasteiger charge is -2.11. The van der Waals surface area contributed by atoms with Gasteiger partial charge in [-0.1, -0.05) is 186 Å². The van der Waals surface area contributed by atoms with Crippen molar-refractivity contribution in [2.45, 2.75) is 192 Å². The maximum absolute atomic E-state index is 12.9. The zero-order chi connectivity index (χ0) is 29.0. The van der Waals surface area contributed by atoms with E-state index in [1.165, 1.54) is 148 Å². The highest BCUT2D eigenvalue weighted by molar-refractivity contribution is 7.86. The van der Waals surface area contributed by atoms with E-state index in [1.807, 2.05) is 18.2 Å². The Kier molecular flexibility index (Phi) is 25.1. The molecule has 3 nitrogen and oxygen atoms in total. The molecular weight excluding hydrogens is 512 g/mol. The molecule has 0 saturated heterocycles. The van der Waals surface area contributed by atoms with Crippen LogP contribution in [0.4, 0.5) is 0 Å². The highest BCUT2D eigenvalue weighted by Gasteiger charge is 2.18. The fraction of sp³-hybridized carbons (Fsp3) is 0.833. The second-order valence-electron chi connectivity index (χ2n) is 12.1. The molecule has 4 heteroatoms. The number of hydrogen-bond donors (Lipinski definition) is 0. The van der Waals surface area contributed by atoms with E-state index in [9.17, 15) is 8.42 Å². The van der Waals surface area contributed by atoms with Gasteiger partial charge in [-0.05, 0) is 30.9 Å². The van der Waals surface area contributed by atoms with Crippen LogP contribution in [0.25, 0.3) is 0 Å². The lowest BCUT2D eigenvalue weighted by molar-refractivity contribution is 0.305. The summed E-state index contributed by atoms with van der Waals surface area (Å²) in [7, 11) is -3.67. The third-order valence-electron chi connectivity index (χ3n) is 8.28. The summed E-state index contributed by atoms with van der Waals surface area (Å²) in [5, 5.41) is 0. The minimum Gasteiger partial charge on any atom is -0.266 e. The van der Waals surface area contributed by atoms with Crippen molar-refractivity contribution < 1.29 is 12.6 Å². The third kappa shape index (κ3) is 20.9. The van der Waals surface area contributed by atoms with Crippen LogP contribution < -0.4 is 0 Å². The quantitative estimate of drug-likeness (QED) is 0.0673. The molecule has 0 aromatic heterocycles. The zero-order valence-corrected chi connectivity index (χ0v) is 27.6.